The van der Waals surface area contributed by atoms with Gasteiger partial charge in [-0.15, -0.1) is 0 Å². The maximum atomic E-state index is 4.59. The highest BCUT2D eigenvalue weighted by molar-refractivity contribution is 6.21. The van der Waals surface area contributed by atoms with Crippen LogP contribution in [0.2, 0.25) is 0 Å². The first kappa shape index (κ1) is 20.6. The zero-order chi connectivity index (χ0) is 24.7. The van der Waals surface area contributed by atoms with Crippen LogP contribution in [-0.4, -0.2) is 14.1 Å². The van der Waals surface area contributed by atoms with Crippen LogP contribution in [0.1, 0.15) is 25.1 Å². The topological polar surface area (TPSA) is 22.8 Å². The van der Waals surface area contributed by atoms with Crippen molar-refractivity contribution >= 4 is 32.7 Å². The van der Waals surface area contributed by atoms with Gasteiger partial charge in [0.2, 0.25) is 0 Å². The summed E-state index contributed by atoms with van der Waals surface area (Å²) in [6.07, 6.45) is 1.85. The summed E-state index contributed by atoms with van der Waals surface area (Å²) in [5, 5.41) is 3.90. The van der Waals surface area contributed by atoms with Gasteiger partial charge in [0, 0.05) is 50.4 Å². The van der Waals surface area contributed by atoms with Gasteiger partial charge in [-0.25, -0.2) is 0 Å². The molecule has 3 nitrogen and oxygen atoms in total. The highest BCUT2D eigenvalue weighted by Gasteiger charge is 2.37. The fourth-order valence-corrected chi connectivity index (χ4v) is 6.42. The third-order valence-electron chi connectivity index (χ3n) is 8.14. The number of fused-ring (bicyclic) bond motifs is 9. The van der Waals surface area contributed by atoms with Crippen molar-refractivity contribution in [3.05, 3.63) is 127 Å². The molecule has 176 valence electrons. The molecule has 1 aliphatic rings. The Morgan fingerprint density at radius 1 is 0.622 bits per heavy atom. The molecule has 0 atom stereocenters. The predicted octanol–water partition coefficient (Wildman–Crippen LogP) is 8.43. The Hall–Kier alpha value is -4.63. The summed E-state index contributed by atoms with van der Waals surface area (Å²) in [6, 6.07) is 39.4. The molecule has 0 saturated heterocycles. The van der Waals surface area contributed by atoms with Crippen LogP contribution in [0.25, 0.3) is 55.3 Å². The SMILES string of the molecule is CC1(C)c2ccccc2-n2c1cc1c3c4ccccc4n(-c4cccc(-c5ccccn5)c4)c3ccc12. The third-order valence-corrected chi connectivity index (χ3v) is 8.14. The lowest BCUT2D eigenvalue weighted by Gasteiger charge is -2.18. The average molecular weight is 476 g/mol. The minimum atomic E-state index is -0.0443. The largest absolute Gasteiger partial charge is 0.312 e. The molecule has 37 heavy (non-hydrogen) atoms. The molecule has 8 rings (SSSR count). The number of rotatable bonds is 2. The maximum absolute atomic E-state index is 4.59. The number of benzene rings is 4. The minimum absolute atomic E-state index is 0.0443. The molecule has 3 aromatic heterocycles. The number of nitrogens with zero attached hydrogens (tertiary/aromatic N) is 3. The fraction of sp³-hybridized carbons (Fsp3) is 0.0882. The summed E-state index contributed by atoms with van der Waals surface area (Å²) in [6.45, 7) is 4.68. The Morgan fingerprint density at radius 3 is 2.30 bits per heavy atom. The summed E-state index contributed by atoms with van der Waals surface area (Å²) in [4.78, 5) is 4.59. The molecule has 0 bridgehead atoms. The molecule has 0 amide bonds. The van der Waals surface area contributed by atoms with Gasteiger partial charge in [-0.2, -0.15) is 0 Å². The van der Waals surface area contributed by atoms with E-state index in [1.54, 1.807) is 0 Å². The second-order valence-electron chi connectivity index (χ2n) is 10.5. The van der Waals surface area contributed by atoms with Gasteiger partial charge in [0.15, 0.2) is 0 Å². The molecule has 0 fully saturated rings. The van der Waals surface area contributed by atoms with Gasteiger partial charge in [0.1, 0.15) is 0 Å². The minimum Gasteiger partial charge on any atom is -0.312 e. The molecular weight excluding hydrogens is 450 g/mol. The van der Waals surface area contributed by atoms with Crippen molar-refractivity contribution < 1.29 is 0 Å². The molecule has 0 aliphatic carbocycles. The molecule has 0 spiro atoms. The Kier molecular flexibility index (Phi) is 4.00. The summed E-state index contributed by atoms with van der Waals surface area (Å²) in [5.74, 6) is 0. The Labute approximate surface area is 215 Å². The lowest BCUT2D eigenvalue weighted by molar-refractivity contribution is 0.645. The Morgan fingerprint density at radius 2 is 1.41 bits per heavy atom. The van der Waals surface area contributed by atoms with E-state index in [0.717, 1.165) is 16.9 Å². The molecule has 0 unspecified atom stereocenters. The summed E-state index contributed by atoms with van der Waals surface area (Å²) in [5.41, 5.74) is 10.9. The van der Waals surface area contributed by atoms with Crippen LogP contribution in [0.5, 0.6) is 0 Å². The molecular formula is C34H25N3. The first-order valence-electron chi connectivity index (χ1n) is 12.8. The lowest BCUT2D eigenvalue weighted by Crippen LogP contribution is -2.14. The van der Waals surface area contributed by atoms with E-state index in [9.17, 15) is 0 Å². The van der Waals surface area contributed by atoms with E-state index in [-0.39, 0.29) is 5.41 Å². The van der Waals surface area contributed by atoms with Crippen LogP contribution in [-0.2, 0) is 5.41 Å². The van der Waals surface area contributed by atoms with Gasteiger partial charge in [-0.3, -0.25) is 4.98 Å². The Bertz CT molecular complexity index is 2000. The van der Waals surface area contributed by atoms with E-state index < -0.39 is 0 Å². The van der Waals surface area contributed by atoms with Crippen molar-refractivity contribution in [2.75, 3.05) is 0 Å². The molecule has 0 N–H and O–H groups in total. The fourth-order valence-electron chi connectivity index (χ4n) is 6.42. The second-order valence-corrected chi connectivity index (χ2v) is 10.5. The van der Waals surface area contributed by atoms with Gasteiger partial charge in [-0.1, -0.05) is 68.4 Å². The number of para-hydroxylation sites is 2. The Balaban J connectivity index is 1.46. The van der Waals surface area contributed by atoms with Crippen LogP contribution in [0.4, 0.5) is 0 Å². The van der Waals surface area contributed by atoms with Crippen molar-refractivity contribution in [3.8, 4) is 22.6 Å². The first-order valence-corrected chi connectivity index (χ1v) is 12.8. The normalized spacial score (nSPS) is 13.9. The summed E-state index contributed by atoms with van der Waals surface area (Å²) >= 11 is 0. The van der Waals surface area contributed by atoms with Gasteiger partial charge >= 0.3 is 0 Å². The standard InChI is InChI=1S/C34H25N3/c1-34(2)26-13-4-6-16-30(26)37-29-17-18-31-33(25(29)21-32(34)37)24-12-3-5-15-28(24)36(31)23-11-9-10-22(20-23)27-14-7-8-19-35-27/h3-21H,1-2H3. The molecule has 0 radical (unpaired) electrons. The van der Waals surface area contributed by atoms with Gasteiger partial charge in [0.25, 0.3) is 0 Å². The molecule has 4 aromatic carbocycles. The van der Waals surface area contributed by atoms with E-state index in [0.29, 0.717) is 0 Å². The van der Waals surface area contributed by atoms with Gasteiger partial charge in [0.05, 0.1) is 22.2 Å². The van der Waals surface area contributed by atoms with E-state index in [2.05, 4.69) is 125 Å². The lowest BCUT2D eigenvalue weighted by atomic mass is 9.83. The number of hydrogen-bond acceptors (Lipinski definition) is 1. The van der Waals surface area contributed by atoms with E-state index >= 15 is 0 Å². The van der Waals surface area contributed by atoms with Gasteiger partial charge < -0.3 is 9.13 Å². The van der Waals surface area contributed by atoms with Crippen molar-refractivity contribution in [2.45, 2.75) is 19.3 Å². The smallest absolute Gasteiger partial charge is 0.0702 e. The zero-order valence-electron chi connectivity index (χ0n) is 20.8. The second kappa shape index (κ2) is 7.21. The molecule has 3 heteroatoms. The molecule has 1 aliphatic heterocycles. The van der Waals surface area contributed by atoms with E-state index in [1.165, 1.54) is 49.7 Å². The summed E-state index contributed by atoms with van der Waals surface area (Å²) < 4.78 is 4.87. The summed E-state index contributed by atoms with van der Waals surface area (Å²) in [7, 11) is 0. The van der Waals surface area contributed by atoms with Crippen LogP contribution >= 0.6 is 0 Å². The van der Waals surface area contributed by atoms with Crippen LogP contribution in [0.15, 0.2) is 115 Å². The number of aromatic nitrogens is 3. The van der Waals surface area contributed by atoms with Crippen molar-refractivity contribution in [1.29, 1.82) is 0 Å². The molecule has 7 aromatic rings. The number of hydrogen-bond donors (Lipinski definition) is 0. The quantitative estimate of drug-likeness (QED) is 0.246. The van der Waals surface area contributed by atoms with Gasteiger partial charge in [-0.05, 0) is 60.2 Å². The van der Waals surface area contributed by atoms with Crippen LogP contribution in [0.3, 0.4) is 0 Å². The highest BCUT2D eigenvalue weighted by Crippen LogP contribution is 2.48. The van der Waals surface area contributed by atoms with Crippen LogP contribution < -0.4 is 0 Å². The monoisotopic (exact) mass is 475 g/mol. The van der Waals surface area contributed by atoms with Crippen molar-refractivity contribution in [3.63, 3.8) is 0 Å². The van der Waals surface area contributed by atoms with Crippen molar-refractivity contribution in [2.24, 2.45) is 0 Å². The first-order chi connectivity index (χ1) is 18.1. The third kappa shape index (κ3) is 2.69. The predicted molar refractivity (Wildman–Crippen MR) is 153 cm³/mol. The highest BCUT2D eigenvalue weighted by atomic mass is 15.0. The maximum Gasteiger partial charge on any atom is 0.0702 e. The number of pyridine rings is 1. The van der Waals surface area contributed by atoms with Crippen molar-refractivity contribution in [1.82, 2.24) is 14.1 Å². The van der Waals surface area contributed by atoms with E-state index in [1.807, 2.05) is 18.3 Å². The molecule has 4 heterocycles. The molecule has 0 saturated carbocycles. The van der Waals surface area contributed by atoms with Crippen LogP contribution in [0, 0.1) is 0 Å². The average Bonchev–Trinajstić information content (AvgIpc) is 3.56. The van der Waals surface area contributed by atoms with E-state index in [4.69, 9.17) is 0 Å². The zero-order valence-corrected chi connectivity index (χ0v) is 20.8.